The Bertz CT molecular complexity index is 813. The third-order valence-electron chi connectivity index (χ3n) is 3.71. The highest BCUT2D eigenvalue weighted by molar-refractivity contribution is 7.99. The van der Waals surface area contributed by atoms with Crippen LogP contribution in [0.2, 0.25) is 0 Å². The lowest BCUT2D eigenvalue weighted by Crippen LogP contribution is -2.50. The van der Waals surface area contributed by atoms with Gasteiger partial charge in [0.1, 0.15) is 4.21 Å². The number of carbonyl (C=O) groups excluding carboxylic acids is 3. The molecule has 1 N–H and O–H groups in total. The highest BCUT2D eigenvalue weighted by Gasteiger charge is 2.40. The number of ether oxygens (including phenoxy) is 1. The number of hydrogen-bond donors (Lipinski definition) is 1. The lowest BCUT2D eigenvalue weighted by molar-refractivity contribution is -0.142. The molecule has 0 aliphatic heterocycles. The second kappa shape index (κ2) is 8.94. The highest BCUT2D eigenvalue weighted by atomic mass is 32.2. The van der Waals surface area contributed by atoms with Crippen molar-refractivity contribution in [2.75, 3.05) is 12.9 Å². The molecule has 142 valence electrons. The Labute approximate surface area is 160 Å². The first-order valence-corrected chi connectivity index (χ1v) is 11.5. The van der Waals surface area contributed by atoms with E-state index in [4.69, 9.17) is 4.74 Å². The summed E-state index contributed by atoms with van der Waals surface area (Å²) in [4.78, 5) is 35.9. The van der Waals surface area contributed by atoms with Crippen LogP contribution in [0, 0.1) is 0 Å². The molecule has 0 saturated heterocycles. The van der Waals surface area contributed by atoms with E-state index in [-0.39, 0.29) is 29.2 Å². The molecule has 26 heavy (non-hydrogen) atoms. The number of nitrogens with one attached hydrogen (secondary N) is 1. The molecule has 2 rings (SSSR count). The summed E-state index contributed by atoms with van der Waals surface area (Å²) in [7, 11) is -3.79. The molecule has 1 heterocycles. The Kier molecular flexibility index (Phi) is 7.16. The van der Waals surface area contributed by atoms with Crippen LogP contribution in [-0.2, 0) is 29.1 Å². The topological polar surface area (TPSA) is 107 Å². The lowest BCUT2D eigenvalue weighted by Gasteiger charge is -2.31. The van der Waals surface area contributed by atoms with Crippen LogP contribution in [0.1, 0.15) is 19.8 Å². The SMILES string of the molecule is CCOC(=O)C/C=C1\C(=O)C(=O)CC(NS(=O)(=O)c2cccs2)C1SC. The number of esters is 1. The van der Waals surface area contributed by atoms with Crippen LogP contribution in [0.3, 0.4) is 0 Å². The average molecular weight is 418 g/mol. The van der Waals surface area contributed by atoms with Crippen molar-refractivity contribution < 1.29 is 27.5 Å². The van der Waals surface area contributed by atoms with E-state index < -0.39 is 38.9 Å². The van der Waals surface area contributed by atoms with Gasteiger partial charge in [-0.25, -0.2) is 13.1 Å². The summed E-state index contributed by atoms with van der Waals surface area (Å²) in [5.41, 5.74) is 0.140. The maximum atomic E-state index is 12.5. The molecule has 7 nitrogen and oxygen atoms in total. The number of Topliss-reactive ketones (excluding diaryl/α,β-unsaturated/α-hetero) is 2. The van der Waals surface area contributed by atoms with Crippen LogP contribution in [0.15, 0.2) is 33.4 Å². The van der Waals surface area contributed by atoms with Crippen LogP contribution < -0.4 is 4.72 Å². The van der Waals surface area contributed by atoms with Gasteiger partial charge in [0, 0.05) is 23.3 Å². The summed E-state index contributed by atoms with van der Waals surface area (Å²) < 4.78 is 32.4. The van der Waals surface area contributed by atoms with E-state index in [0.29, 0.717) is 0 Å². The lowest BCUT2D eigenvalue weighted by atomic mass is 9.88. The average Bonchev–Trinajstić information content (AvgIpc) is 3.12. The first kappa shape index (κ1) is 20.8. The molecule has 2 atom stereocenters. The second-order valence-corrected chi connectivity index (χ2v) is 9.31. The van der Waals surface area contributed by atoms with Crippen molar-refractivity contribution in [3.63, 3.8) is 0 Å². The standard InChI is InChI=1S/C16H19NO6S3/c1-3-23-13(19)7-6-10-15(20)12(18)9-11(16(10)24-2)17-26(21,22)14-5-4-8-25-14/h4-6,8,11,16-17H,3,7,9H2,1-2H3/b10-6+. The fourth-order valence-electron chi connectivity index (χ4n) is 2.60. The molecule has 1 fully saturated rings. The molecule has 0 aromatic carbocycles. The number of carbonyl (C=O) groups is 3. The molecule has 0 amide bonds. The molecule has 1 saturated carbocycles. The molecular weight excluding hydrogens is 398 g/mol. The molecule has 1 aromatic heterocycles. The summed E-state index contributed by atoms with van der Waals surface area (Å²) in [6.45, 7) is 1.88. The summed E-state index contributed by atoms with van der Waals surface area (Å²) >= 11 is 2.32. The zero-order valence-corrected chi connectivity index (χ0v) is 16.7. The van der Waals surface area contributed by atoms with Gasteiger partial charge in [0.15, 0.2) is 0 Å². The molecule has 10 heteroatoms. The number of rotatable bonds is 7. The minimum absolute atomic E-state index is 0.138. The zero-order valence-electron chi connectivity index (χ0n) is 14.3. The van der Waals surface area contributed by atoms with Crippen molar-refractivity contribution >= 4 is 50.7 Å². The third-order valence-corrected chi connectivity index (χ3v) is 7.68. The van der Waals surface area contributed by atoms with E-state index >= 15 is 0 Å². The Morgan fingerprint density at radius 1 is 1.46 bits per heavy atom. The van der Waals surface area contributed by atoms with E-state index in [1.54, 1.807) is 24.6 Å². The molecule has 0 spiro atoms. The van der Waals surface area contributed by atoms with Crippen molar-refractivity contribution in [2.45, 2.75) is 35.3 Å². The zero-order chi connectivity index (χ0) is 19.3. The van der Waals surface area contributed by atoms with Gasteiger partial charge in [-0.2, -0.15) is 11.8 Å². The van der Waals surface area contributed by atoms with Crippen LogP contribution >= 0.6 is 23.1 Å². The number of sulfonamides is 1. The van der Waals surface area contributed by atoms with Crippen LogP contribution in [0.25, 0.3) is 0 Å². The van der Waals surface area contributed by atoms with Crippen molar-refractivity contribution in [3.8, 4) is 0 Å². The number of ketones is 2. The molecule has 1 aromatic rings. The summed E-state index contributed by atoms with van der Waals surface area (Å²) in [5.74, 6) is -1.87. The first-order valence-electron chi connectivity index (χ1n) is 7.82. The summed E-state index contributed by atoms with van der Waals surface area (Å²) in [6, 6.07) is 2.32. The van der Waals surface area contributed by atoms with Gasteiger partial charge in [-0.15, -0.1) is 11.3 Å². The van der Waals surface area contributed by atoms with Crippen molar-refractivity contribution in [1.82, 2.24) is 4.72 Å². The number of thioether (sulfide) groups is 1. The van der Waals surface area contributed by atoms with E-state index in [0.717, 1.165) is 11.3 Å². The van der Waals surface area contributed by atoms with E-state index in [1.165, 1.54) is 23.9 Å². The van der Waals surface area contributed by atoms with Crippen LogP contribution in [0.5, 0.6) is 0 Å². The van der Waals surface area contributed by atoms with Crippen molar-refractivity contribution in [2.24, 2.45) is 0 Å². The smallest absolute Gasteiger partial charge is 0.309 e. The highest BCUT2D eigenvalue weighted by Crippen LogP contribution is 2.30. The Hall–Kier alpha value is -1.49. The van der Waals surface area contributed by atoms with E-state index in [1.807, 2.05) is 0 Å². The number of thiophene rings is 1. The van der Waals surface area contributed by atoms with E-state index in [2.05, 4.69) is 4.72 Å². The van der Waals surface area contributed by atoms with Gasteiger partial charge in [0.2, 0.25) is 21.6 Å². The molecule has 0 bridgehead atoms. The maximum Gasteiger partial charge on any atom is 0.309 e. The Morgan fingerprint density at radius 2 is 2.19 bits per heavy atom. The predicted octanol–water partition coefficient (Wildman–Crippen LogP) is 1.55. The minimum atomic E-state index is -3.79. The molecule has 0 radical (unpaired) electrons. The van der Waals surface area contributed by atoms with Gasteiger partial charge in [-0.3, -0.25) is 14.4 Å². The predicted molar refractivity (Wildman–Crippen MR) is 99.7 cm³/mol. The second-order valence-electron chi connectivity index (χ2n) is 5.44. The normalized spacial score (nSPS) is 22.6. The van der Waals surface area contributed by atoms with Crippen LogP contribution in [-0.4, -0.2) is 50.1 Å². The fourth-order valence-corrected chi connectivity index (χ4v) is 5.89. The van der Waals surface area contributed by atoms with Crippen molar-refractivity contribution in [3.05, 3.63) is 29.2 Å². The van der Waals surface area contributed by atoms with Gasteiger partial charge >= 0.3 is 5.97 Å². The monoisotopic (exact) mass is 417 g/mol. The largest absolute Gasteiger partial charge is 0.466 e. The fraction of sp³-hybridized carbons (Fsp3) is 0.438. The van der Waals surface area contributed by atoms with E-state index in [9.17, 15) is 22.8 Å². The molecule has 2 unspecified atom stereocenters. The van der Waals surface area contributed by atoms with Crippen molar-refractivity contribution in [1.29, 1.82) is 0 Å². The third kappa shape index (κ3) is 4.81. The van der Waals surface area contributed by atoms with Gasteiger partial charge in [-0.05, 0) is 24.6 Å². The number of hydrogen-bond acceptors (Lipinski definition) is 8. The quantitative estimate of drug-likeness (QED) is 0.407. The van der Waals surface area contributed by atoms with Gasteiger partial charge < -0.3 is 4.74 Å². The van der Waals surface area contributed by atoms with Gasteiger partial charge in [-0.1, -0.05) is 12.1 Å². The maximum absolute atomic E-state index is 12.5. The molecule has 1 aliphatic rings. The summed E-state index contributed by atoms with van der Waals surface area (Å²) in [6.07, 6.45) is 2.72. The Balaban J connectivity index is 2.27. The first-order chi connectivity index (χ1) is 12.3. The molecule has 1 aliphatic carbocycles. The van der Waals surface area contributed by atoms with Gasteiger partial charge in [0.25, 0.3) is 0 Å². The summed E-state index contributed by atoms with van der Waals surface area (Å²) in [5, 5.41) is 1.07. The van der Waals surface area contributed by atoms with Gasteiger partial charge in [0.05, 0.1) is 13.0 Å². The Morgan fingerprint density at radius 3 is 2.77 bits per heavy atom. The van der Waals surface area contributed by atoms with Crippen LogP contribution in [0.4, 0.5) is 0 Å². The minimum Gasteiger partial charge on any atom is -0.466 e. The molecular formula is C16H19NO6S3.